The van der Waals surface area contributed by atoms with Crippen molar-refractivity contribution in [3.05, 3.63) is 16.1 Å². The number of aliphatic carboxylic acids is 1. The van der Waals surface area contributed by atoms with Gasteiger partial charge in [0.15, 0.2) is 0 Å². The van der Waals surface area contributed by atoms with E-state index in [2.05, 4.69) is 10.3 Å². The smallest absolute Gasteiger partial charge is 0.317 e. The highest BCUT2D eigenvalue weighted by atomic mass is 32.1. The minimum absolute atomic E-state index is 0.0446. The van der Waals surface area contributed by atoms with Gasteiger partial charge in [-0.2, -0.15) is 0 Å². The Morgan fingerprint density at radius 3 is 2.78 bits per heavy atom. The van der Waals surface area contributed by atoms with Gasteiger partial charge in [0.25, 0.3) is 0 Å². The first-order chi connectivity index (χ1) is 8.52. The number of hydrogen-bond donors (Lipinski definition) is 2. The highest BCUT2D eigenvalue weighted by molar-refractivity contribution is 7.09. The number of amides is 2. The Kier molecular flexibility index (Phi) is 5.57. The van der Waals surface area contributed by atoms with Crippen LogP contribution in [0.5, 0.6) is 0 Å². The van der Waals surface area contributed by atoms with E-state index in [0.717, 1.165) is 10.7 Å². The van der Waals surface area contributed by atoms with Crippen LogP contribution in [0, 0.1) is 6.92 Å². The molecule has 0 unspecified atom stereocenters. The quantitative estimate of drug-likeness (QED) is 0.820. The molecule has 1 aromatic heterocycles. The largest absolute Gasteiger partial charge is 0.481 e. The molecule has 1 aromatic rings. The Morgan fingerprint density at radius 2 is 2.28 bits per heavy atom. The third kappa shape index (κ3) is 4.70. The maximum absolute atomic E-state index is 11.8. The molecule has 0 atom stereocenters. The maximum Gasteiger partial charge on any atom is 0.317 e. The molecule has 0 aliphatic carbocycles. The van der Waals surface area contributed by atoms with Gasteiger partial charge in [0.1, 0.15) is 0 Å². The lowest BCUT2D eigenvalue weighted by Gasteiger charge is -2.20. The topological polar surface area (TPSA) is 82.5 Å². The summed E-state index contributed by atoms with van der Waals surface area (Å²) in [5, 5.41) is 14.2. The fraction of sp³-hybridized carbons (Fsp3) is 0.545. The van der Waals surface area contributed by atoms with E-state index in [1.807, 2.05) is 19.2 Å². The van der Waals surface area contributed by atoms with E-state index in [-0.39, 0.29) is 19.0 Å². The van der Waals surface area contributed by atoms with Crippen LogP contribution in [0.4, 0.5) is 4.79 Å². The number of carboxylic acid groups (broad SMARTS) is 1. The van der Waals surface area contributed by atoms with Crippen LogP contribution in [-0.2, 0) is 11.3 Å². The Hall–Kier alpha value is -1.63. The summed E-state index contributed by atoms with van der Waals surface area (Å²) in [7, 11) is 0. The molecule has 2 amide bonds. The molecule has 0 saturated carbocycles. The predicted octanol–water partition coefficient (Wildman–Crippen LogP) is 1.46. The monoisotopic (exact) mass is 271 g/mol. The fourth-order valence-electron chi connectivity index (χ4n) is 1.40. The first-order valence-corrected chi connectivity index (χ1v) is 6.56. The van der Waals surface area contributed by atoms with E-state index in [1.54, 1.807) is 0 Å². The molecule has 2 N–H and O–H groups in total. The number of thiazole rings is 1. The van der Waals surface area contributed by atoms with E-state index < -0.39 is 5.97 Å². The van der Waals surface area contributed by atoms with Gasteiger partial charge < -0.3 is 15.3 Å². The van der Waals surface area contributed by atoms with Gasteiger partial charge in [0.05, 0.1) is 23.7 Å². The van der Waals surface area contributed by atoms with Gasteiger partial charge in [-0.15, -0.1) is 11.3 Å². The summed E-state index contributed by atoms with van der Waals surface area (Å²) >= 11 is 1.53. The lowest BCUT2D eigenvalue weighted by atomic mass is 10.4. The van der Waals surface area contributed by atoms with Gasteiger partial charge in [-0.3, -0.25) is 4.79 Å². The van der Waals surface area contributed by atoms with Crippen molar-refractivity contribution in [3.8, 4) is 0 Å². The number of aromatic nitrogens is 1. The third-order valence-corrected chi connectivity index (χ3v) is 3.17. The van der Waals surface area contributed by atoms with Crippen molar-refractivity contribution in [1.82, 2.24) is 15.2 Å². The van der Waals surface area contributed by atoms with E-state index in [9.17, 15) is 9.59 Å². The number of carboxylic acids is 1. The minimum atomic E-state index is -0.906. The van der Waals surface area contributed by atoms with Crippen LogP contribution < -0.4 is 5.32 Å². The maximum atomic E-state index is 11.8. The molecule has 18 heavy (non-hydrogen) atoms. The standard InChI is InChI=1S/C11H17N3O3S/c1-3-14(5-4-10(15)16)11(17)12-6-9-7-18-8(2)13-9/h7H,3-6H2,1-2H3,(H,12,17)(H,15,16). The summed E-state index contributed by atoms with van der Waals surface area (Å²) in [6.07, 6.45) is -0.0446. The molecule has 0 aliphatic rings. The van der Waals surface area contributed by atoms with Gasteiger partial charge in [-0.1, -0.05) is 0 Å². The van der Waals surface area contributed by atoms with Gasteiger partial charge >= 0.3 is 12.0 Å². The van der Waals surface area contributed by atoms with Crippen molar-refractivity contribution in [1.29, 1.82) is 0 Å². The van der Waals surface area contributed by atoms with Gasteiger partial charge in [-0.25, -0.2) is 9.78 Å². The number of hydrogen-bond acceptors (Lipinski definition) is 4. The second kappa shape index (κ2) is 6.95. The lowest BCUT2D eigenvalue weighted by molar-refractivity contribution is -0.137. The number of rotatable bonds is 6. The van der Waals surface area contributed by atoms with Crippen molar-refractivity contribution in [2.75, 3.05) is 13.1 Å². The molecular formula is C11H17N3O3S. The first kappa shape index (κ1) is 14.4. The van der Waals surface area contributed by atoms with Crippen LogP contribution in [0.2, 0.25) is 0 Å². The Morgan fingerprint density at radius 1 is 1.56 bits per heavy atom. The van der Waals surface area contributed by atoms with Crippen LogP contribution in [0.25, 0.3) is 0 Å². The molecule has 0 aliphatic heterocycles. The molecule has 7 heteroatoms. The van der Waals surface area contributed by atoms with E-state index in [0.29, 0.717) is 13.1 Å². The zero-order valence-corrected chi connectivity index (χ0v) is 11.3. The normalized spacial score (nSPS) is 10.1. The highest BCUT2D eigenvalue weighted by Crippen LogP contribution is 2.07. The van der Waals surface area contributed by atoms with Gasteiger partial charge in [0, 0.05) is 18.5 Å². The SMILES string of the molecule is CCN(CCC(=O)O)C(=O)NCc1csc(C)n1. The molecule has 6 nitrogen and oxygen atoms in total. The van der Waals surface area contributed by atoms with Crippen molar-refractivity contribution >= 4 is 23.3 Å². The van der Waals surface area contributed by atoms with Crippen LogP contribution in [0.15, 0.2) is 5.38 Å². The summed E-state index contributed by atoms with van der Waals surface area (Å²) in [4.78, 5) is 27.9. The number of aryl methyl sites for hydroxylation is 1. The molecule has 0 aromatic carbocycles. The van der Waals surface area contributed by atoms with E-state index in [4.69, 9.17) is 5.11 Å². The fourth-order valence-corrected chi connectivity index (χ4v) is 2.01. The zero-order valence-electron chi connectivity index (χ0n) is 10.5. The van der Waals surface area contributed by atoms with Crippen LogP contribution >= 0.6 is 11.3 Å². The molecular weight excluding hydrogens is 254 g/mol. The van der Waals surface area contributed by atoms with Crippen molar-refractivity contribution in [2.24, 2.45) is 0 Å². The number of carbonyl (C=O) groups excluding carboxylic acids is 1. The van der Waals surface area contributed by atoms with Crippen molar-refractivity contribution in [3.63, 3.8) is 0 Å². The number of urea groups is 1. The van der Waals surface area contributed by atoms with Crippen LogP contribution in [0.1, 0.15) is 24.0 Å². The second-order valence-corrected chi connectivity index (χ2v) is 4.80. The van der Waals surface area contributed by atoms with Crippen LogP contribution in [-0.4, -0.2) is 40.1 Å². The summed E-state index contributed by atoms with van der Waals surface area (Å²) in [5.41, 5.74) is 0.820. The van der Waals surface area contributed by atoms with Crippen LogP contribution in [0.3, 0.4) is 0 Å². The number of carbonyl (C=O) groups is 2. The molecule has 100 valence electrons. The minimum Gasteiger partial charge on any atom is -0.481 e. The Labute approximate surface area is 110 Å². The highest BCUT2D eigenvalue weighted by Gasteiger charge is 2.12. The van der Waals surface area contributed by atoms with E-state index in [1.165, 1.54) is 16.2 Å². The second-order valence-electron chi connectivity index (χ2n) is 3.74. The molecule has 1 heterocycles. The third-order valence-electron chi connectivity index (χ3n) is 2.35. The number of nitrogens with zero attached hydrogens (tertiary/aromatic N) is 2. The predicted molar refractivity (Wildman–Crippen MR) is 68.6 cm³/mol. The Balaban J connectivity index is 2.39. The number of nitrogens with one attached hydrogen (secondary N) is 1. The zero-order chi connectivity index (χ0) is 13.5. The average Bonchev–Trinajstić information content (AvgIpc) is 2.73. The van der Waals surface area contributed by atoms with E-state index >= 15 is 0 Å². The molecule has 1 rings (SSSR count). The molecule has 0 saturated heterocycles. The molecule has 0 spiro atoms. The first-order valence-electron chi connectivity index (χ1n) is 5.68. The summed E-state index contributed by atoms with van der Waals surface area (Å²) in [6, 6.07) is -0.260. The van der Waals surface area contributed by atoms with Gasteiger partial charge in [0.2, 0.25) is 0 Å². The Bertz CT molecular complexity index is 419. The van der Waals surface area contributed by atoms with Crippen molar-refractivity contribution in [2.45, 2.75) is 26.8 Å². The van der Waals surface area contributed by atoms with Gasteiger partial charge in [-0.05, 0) is 13.8 Å². The molecule has 0 bridgehead atoms. The lowest BCUT2D eigenvalue weighted by Crippen LogP contribution is -2.40. The summed E-state index contributed by atoms with van der Waals surface area (Å²) in [6.45, 7) is 4.78. The summed E-state index contributed by atoms with van der Waals surface area (Å²) in [5.74, 6) is -0.906. The average molecular weight is 271 g/mol. The summed E-state index contributed by atoms with van der Waals surface area (Å²) < 4.78 is 0. The van der Waals surface area contributed by atoms with Crippen molar-refractivity contribution < 1.29 is 14.7 Å². The molecule has 0 radical (unpaired) electrons. The molecule has 0 fully saturated rings.